The summed E-state index contributed by atoms with van der Waals surface area (Å²) < 4.78 is 16.1. The van der Waals surface area contributed by atoms with E-state index < -0.39 is 29.7 Å². The molecule has 180 valence electrons. The van der Waals surface area contributed by atoms with Crippen LogP contribution in [0.1, 0.15) is 40.8 Å². The predicted octanol–water partition coefficient (Wildman–Crippen LogP) is 3.28. The summed E-state index contributed by atoms with van der Waals surface area (Å²) in [5.41, 5.74) is 6.90. The molecule has 0 spiro atoms. The van der Waals surface area contributed by atoms with Crippen LogP contribution in [0.25, 0.3) is 0 Å². The number of ether oxygens (including phenoxy) is 3. The van der Waals surface area contributed by atoms with E-state index in [0.29, 0.717) is 27.0 Å². The number of esters is 2. The van der Waals surface area contributed by atoms with Crippen LogP contribution < -0.4 is 5.73 Å². The van der Waals surface area contributed by atoms with Gasteiger partial charge in [0.25, 0.3) is 5.91 Å². The van der Waals surface area contributed by atoms with Gasteiger partial charge >= 0.3 is 11.9 Å². The molecule has 0 saturated carbocycles. The molecule has 1 aliphatic rings. The van der Waals surface area contributed by atoms with Crippen LogP contribution in [-0.2, 0) is 30.4 Å². The molecular formula is C23H24ClN3O6S. The number of benzene rings is 1. The van der Waals surface area contributed by atoms with Crippen molar-refractivity contribution in [1.82, 2.24) is 4.98 Å². The van der Waals surface area contributed by atoms with E-state index >= 15 is 0 Å². The number of carbonyl (C=O) groups is 3. The van der Waals surface area contributed by atoms with Gasteiger partial charge in [0, 0.05) is 22.0 Å². The van der Waals surface area contributed by atoms with E-state index in [2.05, 4.69) is 9.98 Å². The highest BCUT2D eigenvalue weighted by Crippen LogP contribution is 2.42. The van der Waals surface area contributed by atoms with Crippen molar-refractivity contribution in [2.75, 3.05) is 20.3 Å². The Balaban J connectivity index is 2.02. The van der Waals surface area contributed by atoms with Crippen molar-refractivity contribution in [2.45, 2.75) is 26.4 Å². The summed E-state index contributed by atoms with van der Waals surface area (Å²) in [4.78, 5) is 45.8. The highest BCUT2D eigenvalue weighted by molar-refractivity contribution is 7.09. The van der Waals surface area contributed by atoms with Gasteiger partial charge in [-0.1, -0.05) is 29.8 Å². The number of thiazole rings is 1. The maximum Gasteiger partial charge on any atom is 0.336 e. The van der Waals surface area contributed by atoms with Crippen LogP contribution >= 0.6 is 22.9 Å². The number of carbonyl (C=O) groups excluding carboxylic acids is 3. The highest BCUT2D eigenvalue weighted by Gasteiger charge is 2.43. The first kappa shape index (κ1) is 25.5. The molecule has 9 nitrogen and oxygen atoms in total. The summed E-state index contributed by atoms with van der Waals surface area (Å²) >= 11 is 7.71. The Hall–Kier alpha value is -3.08. The van der Waals surface area contributed by atoms with Gasteiger partial charge in [-0.15, -0.1) is 11.3 Å². The van der Waals surface area contributed by atoms with E-state index in [1.165, 1.54) is 18.4 Å². The number of hydrogen-bond donors (Lipinski definition) is 1. The molecule has 1 amide bonds. The number of aliphatic imine (C=N–C) groups is 1. The SMILES string of the molecule is CCOC(=O)C1=C(COCc2nc(C(N)=O)cs2)N=C(C)C(C(=O)OC)C1c1ccccc1Cl. The van der Waals surface area contributed by atoms with Crippen molar-refractivity contribution in [3.8, 4) is 0 Å². The summed E-state index contributed by atoms with van der Waals surface area (Å²) in [6.45, 7) is 3.52. The van der Waals surface area contributed by atoms with Gasteiger partial charge in [-0.2, -0.15) is 0 Å². The normalized spacial score (nSPS) is 17.8. The summed E-state index contributed by atoms with van der Waals surface area (Å²) in [6, 6.07) is 6.97. The third kappa shape index (κ3) is 5.52. The van der Waals surface area contributed by atoms with E-state index in [1.807, 2.05) is 0 Å². The van der Waals surface area contributed by atoms with Gasteiger partial charge in [0.15, 0.2) is 0 Å². The van der Waals surface area contributed by atoms with Gasteiger partial charge in [0.2, 0.25) is 0 Å². The lowest BCUT2D eigenvalue weighted by Gasteiger charge is -2.32. The highest BCUT2D eigenvalue weighted by atomic mass is 35.5. The first-order valence-electron chi connectivity index (χ1n) is 10.4. The van der Waals surface area contributed by atoms with Crippen LogP contribution in [0.5, 0.6) is 0 Å². The predicted molar refractivity (Wildman–Crippen MR) is 127 cm³/mol. The lowest BCUT2D eigenvalue weighted by Crippen LogP contribution is -2.37. The molecule has 1 aliphatic heterocycles. The fraction of sp³-hybridized carbons (Fsp3) is 0.348. The zero-order chi connectivity index (χ0) is 24.8. The Labute approximate surface area is 205 Å². The third-order valence-corrected chi connectivity index (χ3v) is 6.34. The second-order valence-electron chi connectivity index (χ2n) is 7.32. The third-order valence-electron chi connectivity index (χ3n) is 5.18. The van der Waals surface area contributed by atoms with Crippen LogP contribution in [0.2, 0.25) is 5.02 Å². The zero-order valence-electron chi connectivity index (χ0n) is 18.9. The maximum absolute atomic E-state index is 13.1. The Bertz CT molecular complexity index is 1160. The van der Waals surface area contributed by atoms with Crippen LogP contribution in [0, 0.1) is 5.92 Å². The van der Waals surface area contributed by atoms with Crippen molar-refractivity contribution < 1.29 is 28.6 Å². The molecule has 0 aliphatic carbocycles. The number of hydrogen-bond acceptors (Lipinski definition) is 9. The number of nitrogens with two attached hydrogens (primary N) is 1. The maximum atomic E-state index is 13.1. The van der Waals surface area contributed by atoms with Crippen LogP contribution in [-0.4, -0.2) is 48.9 Å². The molecule has 0 bridgehead atoms. The minimum absolute atomic E-state index is 0.0637. The van der Waals surface area contributed by atoms with Gasteiger partial charge in [0.1, 0.15) is 16.6 Å². The molecule has 2 unspecified atom stereocenters. The summed E-state index contributed by atoms with van der Waals surface area (Å²) in [6.07, 6.45) is 0. The zero-order valence-corrected chi connectivity index (χ0v) is 20.4. The Morgan fingerprint density at radius 1 is 1.21 bits per heavy atom. The minimum atomic E-state index is -0.870. The molecule has 0 fully saturated rings. The van der Waals surface area contributed by atoms with E-state index in [4.69, 9.17) is 31.5 Å². The molecule has 2 aromatic rings. The van der Waals surface area contributed by atoms with Crippen LogP contribution in [0.4, 0.5) is 0 Å². The number of primary amides is 1. The van der Waals surface area contributed by atoms with Gasteiger partial charge in [-0.3, -0.25) is 14.6 Å². The van der Waals surface area contributed by atoms with E-state index in [-0.39, 0.29) is 31.1 Å². The van der Waals surface area contributed by atoms with Gasteiger partial charge in [0.05, 0.1) is 38.2 Å². The molecule has 0 saturated heterocycles. The van der Waals surface area contributed by atoms with E-state index in [1.54, 1.807) is 43.5 Å². The largest absolute Gasteiger partial charge is 0.468 e. The van der Waals surface area contributed by atoms with Crippen LogP contribution in [0.15, 0.2) is 45.9 Å². The molecule has 11 heteroatoms. The first-order chi connectivity index (χ1) is 16.3. The van der Waals surface area contributed by atoms with Crippen molar-refractivity contribution >= 4 is 46.5 Å². The number of amides is 1. The average molecular weight is 506 g/mol. The lowest BCUT2D eigenvalue weighted by molar-refractivity contribution is -0.144. The van der Waals surface area contributed by atoms with Crippen molar-refractivity contribution in [3.05, 3.63) is 62.2 Å². The fourth-order valence-corrected chi connectivity index (χ4v) is 4.69. The summed E-state index contributed by atoms with van der Waals surface area (Å²) in [5, 5.41) is 2.47. The van der Waals surface area contributed by atoms with Crippen molar-refractivity contribution in [3.63, 3.8) is 0 Å². The van der Waals surface area contributed by atoms with E-state index in [0.717, 1.165) is 0 Å². The Morgan fingerprint density at radius 3 is 2.56 bits per heavy atom. The molecule has 0 radical (unpaired) electrons. The quantitative estimate of drug-likeness (QED) is 0.517. The monoisotopic (exact) mass is 505 g/mol. The molecule has 2 heterocycles. The fourth-order valence-electron chi connectivity index (χ4n) is 3.72. The number of methoxy groups -OCH3 is 1. The number of nitrogens with zero attached hydrogens (tertiary/aromatic N) is 2. The molecular weight excluding hydrogens is 482 g/mol. The average Bonchev–Trinajstić information content (AvgIpc) is 3.28. The Morgan fingerprint density at radius 2 is 1.94 bits per heavy atom. The van der Waals surface area contributed by atoms with Crippen molar-refractivity contribution in [2.24, 2.45) is 16.6 Å². The van der Waals surface area contributed by atoms with Gasteiger partial charge in [-0.05, 0) is 25.5 Å². The molecule has 3 rings (SSSR count). The van der Waals surface area contributed by atoms with E-state index in [9.17, 15) is 14.4 Å². The minimum Gasteiger partial charge on any atom is -0.468 e. The summed E-state index contributed by atoms with van der Waals surface area (Å²) in [7, 11) is 1.28. The van der Waals surface area contributed by atoms with Gasteiger partial charge in [-0.25, -0.2) is 9.78 Å². The standard InChI is InChI=1S/C23H24ClN3O6S/c1-4-33-23(30)20-15(9-32-10-17-27-16(11-34-17)21(25)28)26-12(2)18(22(29)31-3)19(20)13-7-5-6-8-14(13)24/h5-8,11,18-19H,4,9-10H2,1-3H3,(H2,25,28). The topological polar surface area (TPSA) is 130 Å². The molecule has 2 atom stereocenters. The smallest absolute Gasteiger partial charge is 0.336 e. The number of rotatable bonds is 9. The number of aromatic nitrogens is 1. The second-order valence-corrected chi connectivity index (χ2v) is 8.67. The van der Waals surface area contributed by atoms with Crippen molar-refractivity contribution in [1.29, 1.82) is 0 Å². The Kier molecular flexibility index (Phi) is 8.54. The second kappa shape index (κ2) is 11.4. The molecule has 1 aromatic carbocycles. The van der Waals surface area contributed by atoms with Gasteiger partial charge < -0.3 is 19.9 Å². The molecule has 1 aromatic heterocycles. The molecule has 34 heavy (non-hydrogen) atoms. The number of halogens is 1. The summed E-state index contributed by atoms with van der Waals surface area (Å²) in [5.74, 6) is -3.45. The first-order valence-corrected chi connectivity index (χ1v) is 11.6. The lowest BCUT2D eigenvalue weighted by atomic mass is 9.75. The molecule has 2 N–H and O–H groups in total. The van der Waals surface area contributed by atoms with Crippen LogP contribution in [0.3, 0.4) is 0 Å².